The molecule has 1 heterocycles. The smallest absolute Gasteiger partial charge is 0.329 e. The van der Waals surface area contributed by atoms with Gasteiger partial charge >= 0.3 is 5.97 Å². The Bertz CT molecular complexity index is 711. The molecule has 9 nitrogen and oxygen atoms in total. The van der Waals surface area contributed by atoms with Crippen LogP contribution in [0.1, 0.15) is 35.7 Å². The predicted octanol–water partition coefficient (Wildman–Crippen LogP) is -1.64. The molecular formula is C18H25N4O5+. The normalized spacial score (nSPS) is 15.8. The van der Waals surface area contributed by atoms with Gasteiger partial charge in [0.25, 0.3) is 11.7 Å². The molecule has 0 unspecified atom stereocenters. The number of hydrogen-bond acceptors (Lipinski definition) is 4. The average Bonchev–Trinajstić information content (AvgIpc) is 2.66. The molecule has 0 aliphatic carbocycles. The van der Waals surface area contributed by atoms with Gasteiger partial charge in [0.15, 0.2) is 0 Å². The van der Waals surface area contributed by atoms with E-state index in [9.17, 15) is 14.4 Å². The number of hydrogen-bond donors (Lipinski definition) is 4. The van der Waals surface area contributed by atoms with Gasteiger partial charge in [0, 0.05) is 18.7 Å². The van der Waals surface area contributed by atoms with Crippen molar-refractivity contribution in [3.8, 4) is 0 Å². The molecule has 1 atom stereocenters. The van der Waals surface area contributed by atoms with Crippen molar-refractivity contribution in [2.75, 3.05) is 19.7 Å². The van der Waals surface area contributed by atoms with Crippen LogP contribution in [0.5, 0.6) is 0 Å². The Balaban J connectivity index is 1.84. The molecule has 6 N–H and O–H groups in total. The molecule has 146 valence electrons. The van der Waals surface area contributed by atoms with Crippen LogP contribution in [0.4, 0.5) is 0 Å². The summed E-state index contributed by atoms with van der Waals surface area (Å²) in [6.45, 7) is 2.22. The SMILES string of the molecule is C[C@H](NC(=O)c1ccc(C(N)=[NH2+])cc1)C(=O)N1CCC(OCC(=O)O)CC1. The largest absolute Gasteiger partial charge is 0.480 e. The Kier molecular flexibility index (Phi) is 6.89. The van der Waals surface area contributed by atoms with Gasteiger partial charge in [0.2, 0.25) is 5.91 Å². The summed E-state index contributed by atoms with van der Waals surface area (Å²) in [6.07, 6.45) is 0.969. The maximum Gasteiger partial charge on any atom is 0.329 e. The summed E-state index contributed by atoms with van der Waals surface area (Å²) in [6, 6.07) is 5.77. The molecule has 1 saturated heterocycles. The molecule has 0 spiro atoms. The molecule has 27 heavy (non-hydrogen) atoms. The standard InChI is InChI=1S/C18H24N4O5/c1-11(21-17(25)13-4-2-12(3-5-13)16(19)20)18(26)22-8-6-14(7-9-22)27-10-15(23)24/h2-5,11,14H,6-10H2,1H3,(H3,19,20)(H,21,25)(H,23,24)/p+1/t11-/m0/s1. The number of amides is 2. The molecular weight excluding hydrogens is 352 g/mol. The van der Waals surface area contributed by atoms with Gasteiger partial charge in [-0.2, -0.15) is 0 Å². The van der Waals surface area contributed by atoms with Crippen LogP contribution in [0.2, 0.25) is 0 Å². The summed E-state index contributed by atoms with van der Waals surface area (Å²) in [5.41, 5.74) is 6.52. The van der Waals surface area contributed by atoms with Crippen LogP contribution < -0.4 is 16.5 Å². The van der Waals surface area contributed by atoms with E-state index in [2.05, 4.69) is 5.32 Å². The third-order valence-corrected chi connectivity index (χ3v) is 4.39. The van der Waals surface area contributed by atoms with E-state index in [4.69, 9.17) is 21.0 Å². The van der Waals surface area contributed by atoms with Crippen LogP contribution in [0.25, 0.3) is 0 Å². The van der Waals surface area contributed by atoms with Gasteiger partial charge in [-0.05, 0) is 44.0 Å². The molecule has 1 fully saturated rings. The maximum atomic E-state index is 12.5. The lowest BCUT2D eigenvalue weighted by Crippen LogP contribution is -2.50. The molecule has 0 saturated carbocycles. The summed E-state index contributed by atoms with van der Waals surface area (Å²) in [4.78, 5) is 37.0. The highest BCUT2D eigenvalue weighted by Crippen LogP contribution is 2.15. The number of benzene rings is 1. The molecule has 0 aromatic heterocycles. The maximum absolute atomic E-state index is 12.5. The number of ether oxygens (including phenoxy) is 1. The topological polar surface area (TPSA) is 148 Å². The highest BCUT2D eigenvalue weighted by Gasteiger charge is 2.27. The van der Waals surface area contributed by atoms with Crippen LogP contribution in [-0.4, -0.2) is 65.5 Å². The third-order valence-electron chi connectivity index (χ3n) is 4.39. The summed E-state index contributed by atoms with van der Waals surface area (Å²) in [7, 11) is 0. The van der Waals surface area contributed by atoms with Crippen LogP contribution in [0, 0.1) is 0 Å². The number of nitrogens with two attached hydrogens (primary N) is 2. The van der Waals surface area contributed by atoms with Gasteiger partial charge in [-0.15, -0.1) is 0 Å². The fourth-order valence-corrected chi connectivity index (χ4v) is 2.86. The number of carbonyl (C=O) groups is 3. The minimum Gasteiger partial charge on any atom is -0.480 e. The quantitative estimate of drug-likeness (QED) is 0.331. The lowest BCUT2D eigenvalue weighted by molar-refractivity contribution is -0.147. The second-order valence-corrected chi connectivity index (χ2v) is 6.46. The molecule has 9 heteroatoms. The van der Waals surface area contributed by atoms with Gasteiger partial charge in [-0.25, -0.2) is 4.79 Å². The van der Waals surface area contributed by atoms with Crippen molar-refractivity contribution < 1.29 is 29.6 Å². The van der Waals surface area contributed by atoms with E-state index >= 15 is 0 Å². The summed E-state index contributed by atoms with van der Waals surface area (Å²) >= 11 is 0. The van der Waals surface area contributed by atoms with Crippen molar-refractivity contribution in [3.63, 3.8) is 0 Å². The first-order chi connectivity index (χ1) is 12.8. The Morgan fingerprint density at radius 3 is 2.33 bits per heavy atom. The number of rotatable bonds is 7. The zero-order valence-corrected chi connectivity index (χ0v) is 15.2. The Morgan fingerprint density at radius 2 is 1.81 bits per heavy atom. The number of carbonyl (C=O) groups excluding carboxylic acids is 2. The average molecular weight is 377 g/mol. The second-order valence-electron chi connectivity index (χ2n) is 6.46. The molecule has 0 radical (unpaired) electrons. The van der Waals surface area contributed by atoms with Crippen LogP contribution in [0.15, 0.2) is 24.3 Å². The van der Waals surface area contributed by atoms with Crippen molar-refractivity contribution in [2.45, 2.75) is 31.9 Å². The van der Waals surface area contributed by atoms with Gasteiger partial charge in [-0.3, -0.25) is 20.7 Å². The number of carboxylic acid groups (broad SMARTS) is 1. The van der Waals surface area contributed by atoms with Crippen molar-refractivity contribution in [3.05, 3.63) is 35.4 Å². The predicted molar refractivity (Wildman–Crippen MR) is 96.8 cm³/mol. The van der Waals surface area contributed by atoms with E-state index in [1.807, 2.05) is 0 Å². The highest BCUT2D eigenvalue weighted by atomic mass is 16.5. The number of carboxylic acids is 1. The van der Waals surface area contributed by atoms with E-state index in [-0.39, 0.29) is 30.4 Å². The third kappa shape index (κ3) is 5.78. The number of amidine groups is 1. The second kappa shape index (κ2) is 9.13. The van der Waals surface area contributed by atoms with Gasteiger partial charge < -0.3 is 20.1 Å². The van der Waals surface area contributed by atoms with Crippen molar-refractivity contribution >= 4 is 23.6 Å². The monoisotopic (exact) mass is 377 g/mol. The van der Waals surface area contributed by atoms with E-state index in [0.717, 1.165) is 0 Å². The fraction of sp³-hybridized carbons (Fsp3) is 0.444. The number of nitrogens with one attached hydrogen (secondary N) is 1. The Morgan fingerprint density at radius 1 is 1.26 bits per heavy atom. The molecule has 1 aliphatic heterocycles. The van der Waals surface area contributed by atoms with Gasteiger partial charge in [-0.1, -0.05) is 0 Å². The lowest BCUT2D eigenvalue weighted by atomic mass is 10.1. The van der Waals surface area contributed by atoms with E-state index < -0.39 is 12.0 Å². The van der Waals surface area contributed by atoms with E-state index in [1.54, 1.807) is 36.1 Å². The van der Waals surface area contributed by atoms with Gasteiger partial charge in [0.1, 0.15) is 12.6 Å². The molecule has 2 amide bonds. The first-order valence-corrected chi connectivity index (χ1v) is 8.69. The summed E-state index contributed by atoms with van der Waals surface area (Å²) < 4.78 is 5.25. The number of nitrogens with zero attached hydrogens (tertiary/aromatic N) is 1. The van der Waals surface area contributed by atoms with Crippen molar-refractivity contribution in [2.24, 2.45) is 5.73 Å². The first kappa shape index (κ1) is 20.4. The van der Waals surface area contributed by atoms with Crippen LogP contribution >= 0.6 is 0 Å². The van der Waals surface area contributed by atoms with Crippen LogP contribution in [-0.2, 0) is 14.3 Å². The number of piperidine rings is 1. The van der Waals surface area contributed by atoms with E-state index in [0.29, 0.717) is 37.1 Å². The Hall–Kier alpha value is -2.94. The fourth-order valence-electron chi connectivity index (χ4n) is 2.86. The molecule has 2 rings (SSSR count). The van der Waals surface area contributed by atoms with Gasteiger partial charge in [0.05, 0.1) is 11.7 Å². The lowest BCUT2D eigenvalue weighted by Gasteiger charge is -2.33. The summed E-state index contributed by atoms with van der Waals surface area (Å²) in [5.74, 6) is -1.39. The number of aliphatic carboxylic acids is 1. The minimum absolute atomic E-state index is 0.166. The molecule has 1 aliphatic rings. The van der Waals surface area contributed by atoms with Crippen molar-refractivity contribution in [1.29, 1.82) is 0 Å². The van der Waals surface area contributed by atoms with Crippen LogP contribution in [0.3, 0.4) is 0 Å². The molecule has 0 bridgehead atoms. The zero-order valence-electron chi connectivity index (χ0n) is 15.2. The highest BCUT2D eigenvalue weighted by molar-refractivity contribution is 5.99. The van der Waals surface area contributed by atoms with E-state index in [1.165, 1.54) is 0 Å². The first-order valence-electron chi connectivity index (χ1n) is 8.69. The summed E-state index contributed by atoms with van der Waals surface area (Å²) in [5, 5.41) is 16.8. The molecule has 1 aromatic carbocycles. The Labute approximate surface area is 157 Å². The van der Waals surface area contributed by atoms with Crippen molar-refractivity contribution in [1.82, 2.24) is 10.2 Å². The minimum atomic E-state index is -1.01. The zero-order chi connectivity index (χ0) is 20.0. The molecule has 1 aromatic rings. The number of likely N-dealkylation sites (tertiary alicyclic amines) is 1.